The molecule has 1 unspecified atom stereocenters. The zero-order chi connectivity index (χ0) is 14.5. The molecule has 2 rings (SSSR count). The molecule has 3 nitrogen and oxygen atoms in total. The first-order valence-corrected chi connectivity index (χ1v) is 8.01. The normalized spacial score (nSPS) is 24.4. The molecule has 0 bridgehead atoms. The van der Waals surface area contributed by atoms with E-state index in [0.717, 1.165) is 11.7 Å². The van der Waals surface area contributed by atoms with Crippen LogP contribution in [-0.4, -0.2) is 25.1 Å². The molecule has 1 atom stereocenters. The first kappa shape index (κ1) is 15.3. The van der Waals surface area contributed by atoms with E-state index in [2.05, 4.69) is 48.2 Å². The molecular weight excluding hydrogens is 246 g/mol. The van der Waals surface area contributed by atoms with Gasteiger partial charge in [-0.25, -0.2) is 4.98 Å². The van der Waals surface area contributed by atoms with E-state index in [0.29, 0.717) is 12.1 Å². The van der Waals surface area contributed by atoms with Crippen LogP contribution >= 0.6 is 0 Å². The lowest BCUT2D eigenvalue weighted by molar-refractivity contribution is 0.313. The molecule has 0 radical (unpaired) electrons. The molecule has 1 fully saturated rings. The van der Waals surface area contributed by atoms with Gasteiger partial charge in [0.15, 0.2) is 0 Å². The van der Waals surface area contributed by atoms with Crippen molar-refractivity contribution in [3.8, 4) is 0 Å². The molecule has 0 amide bonds. The Balaban J connectivity index is 1.97. The number of rotatable bonds is 5. The predicted octanol–water partition coefficient (Wildman–Crippen LogP) is 3.77. The van der Waals surface area contributed by atoms with E-state index >= 15 is 0 Å². The highest BCUT2D eigenvalue weighted by atomic mass is 15.2. The minimum absolute atomic E-state index is 0.363. The van der Waals surface area contributed by atoms with E-state index in [1.54, 1.807) is 0 Å². The van der Waals surface area contributed by atoms with Crippen molar-refractivity contribution >= 4 is 5.82 Å². The molecule has 1 N–H and O–H groups in total. The number of pyridine rings is 1. The molecule has 112 valence electrons. The Labute approximate surface area is 123 Å². The molecule has 1 aromatic rings. The molecule has 0 aliphatic heterocycles. The third-order valence-electron chi connectivity index (χ3n) is 5.01. The van der Waals surface area contributed by atoms with Gasteiger partial charge in [-0.15, -0.1) is 0 Å². The summed E-state index contributed by atoms with van der Waals surface area (Å²) in [5, 5.41) is 3.25. The van der Waals surface area contributed by atoms with Gasteiger partial charge < -0.3 is 10.2 Å². The first-order chi connectivity index (χ1) is 9.65. The fraction of sp³-hybridized carbons (Fsp3) is 0.706. The third kappa shape index (κ3) is 3.51. The van der Waals surface area contributed by atoms with Crippen LogP contribution in [0.4, 0.5) is 5.82 Å². The molecule has 20 heavy (non-hydrogen) atoms. The standard InChI is InChI=1S/C17H29N3/c1-5-14-6-9-16(10-7-14)20(4)17-11-8-15(12-19-17)13(2)18-3/h8,11-14,16,18H,5-7,9-10H2,1-4H3. The average Bonchev–Trinajstić information content (AvgIpc) is 2.53. The Hall–Kier alpha value is -1.09. The van der Waals surface area contributed by atoms with Gasteiger partial charge >= 0.3 is 0 Å². The summed E-state index contributed by atoms with van der Waals surface area (Å²) in [5.74, 6) is 2.06. The van der Waals surface area contributed by atoms with E-state index in [1.807, 2.05) is 13.2 Å². The second-order valence-corrected chi connectivity index (χ2v) is 6.15. The number of nitrogens with one attached hydrogen (secondary N) is 1. The molecule has 0 aromatic carbocycles. The quantitative estimate of drug-likeness (QED) is 0.886. The van der Waals surface area contributed by atoms with Crippen LogP contribution in [0.25, 0.3) is 0 Å². The van der Waals surface area contributed by atoms with Crippen LogP contribution in [0, 0.1) is 5.92 Å². The zero-order valence-electron chi connectivity index (χ0n) is 13.4. The van der Waals surface area contributed by atoms with Gasteiger partial charge in [-0.3, -0.25) is 0 Å². The fourth-order valence-corrected chi connectivity index (χ4v) is 3.16. The first-order valence-electron chi connectivity index (χ1n) is 8.01. The minimum atomic E-state index is 0.363. The van der Waals surface area contributed by atoms with Crippen molar-refractivity contribution in [1.29, 1.82) is 0 Å². The molecule has 3 heteroatoms. The predicted molar refractivity (Wildman–Crippen MR) is 86.2 cm³/mol. The maximum absolute atomic E-state index is 4.65. The molecule has 1 aromatic heterocycles. The maximum atomic E-state index is 4.65. The summed E-state index contributed by atoms with van der Waals surface area (Å²) in [6.45, 7) is 4.48. The van der Waals surface area contributed by atoms with Gasteiger partial charge in [0.05, 0.1) is 0 Å². The van der Waals surface area contributed by atoms with E-state index in [9.17, 15) is 0 Å². The fourth-order valence-electron chi connectivity index (χ4n) is 3.16. The SMILES string of the molecule is CCC1CCC(N(C)c2ccc(C(C)NC)cn2)CC1. The largest absolute Gasteiger partial charge is 0.357 e. The molecule has 1 aliphatic carbocycles. The summed E-state index contributed by atoms with van der Waals surface area (Å²) in [4.78, 5) is 7.02. The highest BCUT2D eigenvalue weighted by Gasteiger charge is 2.23. The molecular formula is C17H29N3. The molecule has 1 heterocycles. The lowest BCUT2D eigenvalue weighted by Crippen LogP contribution is -2.35. The second kappa shape index (κ2) is 7.07. The van der Waals surface area contributed by atoms with Crippen molar-refractivity contribution < 1.29 is 0 Å². The lowest BCUT2D eigenvalue weighted by atomic mass is 9.84. The second-order valence-electron chi connectivity index (χ2n) is 6.15. The summed E-state index contributed by atoms with van der Waals surface area (Å²) in [6.07, 6.45) is 8.72. The van der Waals surface area contributed by atoms with E-state index in [-0.39, 0.29) is 0 Å². The van der Waals surface area contributed by atoms with Crippen molar-refractivity contribution in [3.63, 3.8) is 0 Å². The van der Waals surface area contributed by atoms with E-state index in [4.69, 9.17) is 0 Å². The van der Waals surface area contributed by atoms with Crippen molar-refractivity contribution in [2.24, 2.45) is 5.92 Å². The number of hydrogen-bond donors (Lipinski definition) is 1. The van der Waals surface area contributed by atoms with Crippen LogP contribution in [-0.2, 0) is 0 Å². The molecule has 1 aliphatic rings. The Morgan fingerprint density at radius 1 is 1.30 bits per heavy atom. The van der Waals surface area contributed by atoms with Crippen molar-refractivity contribution in [2.75, 3.05) is 19.0 Å². The average molecular weight is 275 g/mol. The van der Waals surface area contributed by atoms with Gasteiger partial charge in [-0.2, -0.15) is 0 Å². The Morgan fingerprint density at radius 3 is 2.50 bits per heavy atom. The van der Waals surface area contributed by atoms with Gasteiger partial charge in [0.25, 0.3) is 0 Å². The maximum Gasteiger partial charge on any atom is 0.128 e. The highest BCUT2D eigenvalue weighted by Crippen LogP contribution is 2.30. The van der Waals surface area contributed by atoms with Gasteiger partial charge in [-0.05, 0) is 57.2 Å². The van der Waals surface area contributed by atoms with Crippen LogP contribution in [0.1, 0.15) is 57.6 Å². The Morgan fingerprint density at radius 2 is 2.00 bits per heavy atom. The Bertz CT molecular complexity index is 393. The summed E-state index contributed by atoms with van der Waals surface area (Å²) >= 11 is 0. The van der Waals surface area contributed by atoms with Gasteiger partial charge in [0.2, 0.25) is 0 Å². The lowest BCUT2D eigenvalue weighted by Gasteiger charge is -2.35. The third-order valence-corrected chi connectivity index (χ3v) is 5.01. The molecule has 0 spiro atoms. The number of hydrogen-bond acceptors (Lipinski definition) is 3. The van der Waals surface area contributed by atoms with E-state index in [1.165, 1.54) is 37.7 Å². The van der Waals surface area contributed by atoms with Crippen LogP contribution in [0.2, 0.25) is 0 Å². The summed E-state index contributed by atoms with van der Waals surface area (Å²) in [6, 6.07) is 5.38. The number of anilines is 1. The van der Waals surface area contributed by atoms with Crippen LogP contribution < -0.4 is 10.2 Å². The number of aromatic nitrogens is 1. The monoisotopic (exact) mass is 275 g/mol. The number of nitrogens with zero attached hydrogens (tertiary/aromatic N) is 2. The molecule has 0 saturated heterocycles. The van der Waals surface area contributed by atoms with Crippen molar-refractivity contribution in [3.05, 3.63) is 23.9 Å². The van der Waals surface area contributed by atoms with E-state index < -0.39 is 0 Å². The minimum Gasteiger partial charge on any atom is -0.357 e. The van der Waals surface area contributed by atoms with Gasteiger partial charge in [0, 0.05) is 25.3 Å². The van der Waals surface area contributed by atoms with Crippen LogP contribution in [0.15, 0.2) is 18.3 Å². The smallest absolute Gasteiger partial charge is 0.128 e. The topological polar surface area (TPSA) is 28.2 Å². The summed E-state index contributed by atoms with van der Waals surface area (Å²) in [7, 11) is 4.18. The van der Waals surface area contributed by atoms with Gasteiger partial charge in [-0.1, -0.05) is 19.4 Å². The van der Waals surface area contributed by atoms with Gasteiger partial charge in [0.1, 0.15) is 5.82 Å². The Kier molecular flexibility index (Phi) is 5.41. The van der Waals surface area contributed by atoms with Crippen LogP contribution in [0.3, 0.4) is 0 Å². The van der Waals surface area contributed by atoms with Crippen LogP contribution in [0.5, 0.6) is 0 Å². The summed E-state index contributed by atoms with van der Waals surface area (Å²) in [5.41, 5.74) is 1.25. The van der Waals surface area contributed by atoms with Crippen molar-refractivity contribution in [1.82, 2.24) is 10.3 Å². The van der Waals surface area contributed by atoms with Crippen molar-refractivity contribution in [2.45, 2.75) is 58.0 Å². The highest BCUT2D eigenvalue weighted by molar-refractivity contribution is 5.40. The zero-order valence-corrected chi connectivity index (χ0v) is 13.4. The summed E-state index contributed by atoms with van der Waals surface area (Å²) < 4.78 is 0. The molecule has 1 saturated carbocycles.